The number of nitrogens with one attached hydrogen (secondary N) is 1. The Morgan fingerprint density at radius 3 is 2.62 bits per heavy atom. The van der Waals surface area contributed by atoms with Crippen LogP contribution < -0.4 is 5.32 Å². The first kappa shape index (κ1) is 21.3. The molecule has 0 spiro atoms. The van der Waals surface area contributed by atoms with Gasteiger partial charge in [0.1, 0.15) is 5.82 Å². The van der Waals surface area contributed by atoms with E-state index in [9.17, 15) is 9.18 Å². The molecule has 3 rings (SSSR count). The smallest absolute Gasteiger partial charge is 0.234 e. The molecule has 1 aromatic heterocycles. The maximum absolute atomic E-state index is 13.3. The number of amides is 1. The van der Waals surface area contributed by atoms with E-state index in [0.29, 0.717) is 15.9 Å². The first-order chi connectivity index (χ1) is 13.8. The SMILES string of the molecule is C[C@@H](c1nnc(SCC(=O)Nc2cccc(F)c2)n1-c1ccc(Cl)cc1)N(C)C. The third-order valence-corrected chi connectivity index (χ3v) is 5.51. The van der Waals surface area contributed by atoms with Crippen LogP contribution in [0.4, 0.5) is 10.1 Å². The molecule has 3 aromatic rings. The van der Waals surface area contributed by atoms with E-state index in [1.165, 1.54) is 23.9 Å². The lowest BCUT2D eigenvalue weighted by Crippen LogP contribution is -2.21. The van der Waals surface area contributed by atoms with Crippen LogP contribution in [0.25, 0.3) is 5.69 Å². The van der Waals surface area contributed by atoms with Crippen molar-refractivity contribution >= 4 is 35.0 Å². The molecule has 0 aliphatic carbocycles. The summed E-state index contributed by atoms with van der Waals surface area (Å²) in [4.78, 5) is 14.3. The third-order valence-electron chi connectivity index (χ3n) is 4.33. The summed E-state index contributed by atoms with van der Waals surface area (Å²) in [6.07, 6.45) is 0. The van der Waals surface area contributed by atoms with E-state index >= 15 is 0 Å². The highest BCUT2D eigenvalue weighted by Gasteiger charge is 2.21. The Kier molecular flexibility index (Phi) is 6.89. The van der Waals surface area contributed by atoms with E-state index in [-0.39, 0.29) is 17.7 Å². The monoisotopic (exact) mass is 433 g/mol. The lowest BCUT2D eigenvalue weighted by Gasteiger charge is -2.20. The topological polar surface area (TPSA) is 63.1 Å². The second-order valence-electron chi connectivity index (χ2n) is 6.64. The fourth-order valence-corrected chi connectivity index (χ4v) is 3.49. The van der Waals surface area contributed by atoms with Gasteiger partial charge in [-0.3, -0.25) is 14.3 Å². The van der Waals surface area contributed by atoms with Crippen molar-refractivity contribution in [3.8, 4) is 5.69 Å². The zero-order valence-corrected chi connectivity index (χ0v) is 17.8. The van der Waals surface area contributed by atoms with Crippen molar-refractivity contribution in [3.63, 3.8) is 0 Å². The molecule has 29 heavy (non-hydrogen) atoms. The Labute approximate surface area is 178 Å². The van der Waals surface area contributed by atoms with Crippen LogP contribution in [0.5, 0.6) is 0 Å². The van der Waals surface area contributed by atoms with E-state index in [4.69, 9.17) is 11.6 Å². The molecule has 0 saturated heterocycles. The Morgan fingerprint density at radius 1 is 1.24 bits per heavy atom. The first-order valence-electron chi connectivity index (χ1n) is 8.91. The molecular weight excluding hydrogens is 413 g/mol. The summed E-state index contributed by atoms with van der Waals surface area (Å²) in [6, 6.07) is 13.2. The number of benzene rings is 2. The lowest BCUT2D eigenvalue weighted by molar-refractivity contribution is -0.113. The van der Waals surface area contributed by atoms with Gasteiger partial charge in [0.2, 0.25) is 5.91 Å². The molecule has 9 heteroatoms. The van der Waals surface area contributed by atoms with Gasteiger partial charge in [-0.1, -0.05) is 29.4 Å². The molecule has 1 heterocycles. The van der Waals surface area contributed by atoms with Crippen molar-refractivity contribution in [1.29, 1.82) is 0 Å². The van der Waals surface area contributed by atoms with Crippen LogP contribution >= 0.6 is 23.4 Å². The Bertz CT molecular complexity index is 993. The molecule has 2 aromatic carbocycles. The van der Waals surface area contributed by atoms with Crippen LogP contribution in [0, 0.1) is 5.82 Å². The van der Waals surface area contributed by atoms with Crippen molar-refractivity contribution in [2.24, 2.45) is 0 Å². The number of hydrogen-bond donors (Lipinski definition) is 1. The Morgan fingerprint density at radius 2 is 1.97 bits per heavy atom. The fraction of sp³-hybridized carbons (Fsp3) is 0.250. The largest absolute Gasteiger partial charge is 0.325 e. The molecule has 152 valence electrons. The zero-order valence-electron chi connectivity index (χ0n) is 16.3. The van der Waals surface area contributed by atoms with Gasteiger partial charge in [-0.15, -0.1) is 10.2 Å². The van der Waals surface area contributed by atoms with E-state index in [1.54, 1.807) is 24.3 Å². The number of thioether (sulfide) groups is 1. The van der Waals surface area contributed by atoms with Crippen molar-refractivity contribution in [1.82, 2.24) is 19.7 Å². The van der Waals surface area contributed by atoms with Gasteiger partial charge in [-0.05, 0) is 63.5 Å². The van der Waals surface area contributed by atoms with E-state index in [2.05, 4.69) is 15.5 Å². The van der Waals surface area contributed by atoms with Gasteiger partial charge in [0.25, 0.3) is 0 Å². The number of aromatic nitrogens is 3. The first-order valence-corrected chi connectivity index (χ1v) is 10.3. The minimum absolute atomic E-state index is 0.00801. The summed E-state index contributed by atoms with van der Waals surface area (Å²) in [5.41, 5.74) is 1.27. The molecule has 6 nitrogen and oxygen atoms in total. The summed E-state index contributed by atoms with van der Waals surface area (Å²) in [5.74, 6) is 0.206. The van der Waals surface area contributed by atoms with Gasteiger partial charge >= 0.3 is 0 Å². The van der Waals surface area contributed by atoms with E-state index in [0.717, 1.165) is 11.5 Å². The molecule has 1 amide bonds. The lowest BCUT2D eigenvalue weighted by atomic mass is 10.2. The number of carbonyl (C=O) groups is 1. The van der Waals surface area contributed by atoms with Crippen LogP contribution in [0.15, 0.2) is 53.7 Å². The van der Waals surface area contributed by atoms with Gasteiger partial charge in [0.05, 0.1) is 11.8 Å². The summed E-state index contributed by atoms with van der Waals surface area (Å²) in [5, 5.41) is 12.5. The van der Waals surface area contributed by atoms with Crippen LogP contribution in [-0.2, 0) is 4.79 Å². The van der Waals surface area contributed by atoms with E-state index < -0.39 is 5.82 Å². The summed E-state index contributed by atoms with van der Waals surface area (Å²) in [7, 11) is 3.93. The van der Waals surface area contributed by atoms with Crippen LogP contribution in [0.1, 0.15) is 18.8 Å². The van der Waals surface area contributed by atoms with Crippen molar-refractivity contribution in [3.05, 3.63) is 65.2 Å². The standard InChI is InChI=1S/C20H21ClFN5OS/c1-13(26(2)3)19-24-25-20(27(19)17-9-7-14(21)8-10-17)29-12-18(28)23-16-6-4-5-15(22)11-16/h4-11,13H,12H2,1-3H3,(H,23,28)/t13-/m0/s1. The second-order valence-corrected chi connectivity index (χ2v) is 8.02. The number of nitrogens with zero attached hydrogens (tertiary/aromatic N) is 4. The van der Waals surface area contributed by atoms with Crippen LogP contribution in [0.2, 0.25) is 5.02 Å². The second kappa shape index (κ2) is 9.39. The van der Waals surface area contributed by atoms with Crippen LogP contribution in [0.3, 0.4) is 0 Å². The molecular formula is C20H21ClFN5OS. The summed E-state index contributed by atoms with van der Waals surface area (Å²) < 4.78 is 15.2. The molecule has 0 aliphatic heterocycles. The number of halogens is 2. The Balaban J connectivity index is 1.81. The van der Waals surface area contributed by atoms with Gasteiger partial charge in [0, 0.05) is 16.4 Å². The third kappa shape index (κ3) is 5.35. The molecule has 0 saturated carbocycles. The summed E-state index contributed by atoms with van der Waals surface area (Å²) >= 11 is 7.28. The molecule has 0 radical (unpaired) electrons. The number of anilines is 1. The van der Waals surface area contributed by atoms with Gasteiger partial charge < -0.3 is 5.32 Å². The average Bonchev–Trinajstić information content (AvgIpc) is 3.10. The van der Waals surface area contributed by atoms with E-state index in [1.807, 2.05) is 42.6 Å². The zero-order chi connectivity index (χ0) is 21.0. The van der Waals surface area contributed by atoms with Crippen molar-refractivity contribution < 1.29 is 9.18 Å². The molecule has 1 atom stereocenters. The molecule has 0 fully saturated rings. The number of carbonyl (C=O) groups excluding carboxylic acids is 1. The summed E-state index contributed by atoms with van der Waals surface area (Å²) in [6.45, 7) is 2.03. The molecule has 1 N–H and O–H groups in total. The number of rotatable bonds is 7. The van der Waals surface area contributed by atoms with Crippen LogP contribution in [-0.4, -0.2) is 45.4 Å². The average molecular weight is 434 g/mol. The minimum Gasteiger partial charge on any atom is -0.325 e. The van der Waals surface area contributed by atoms with Gasteiger partial charge in [0.15, 0.2) is 11.0 Å². The van der Waals surface area contributed by atoms with Crippen molar-refractivity contribution in [2.45, 2.75) is 18.1 Å². The van der Waals surface area contributed by atoms with Crippen molar-refractivity contribution in [2.75, 3.05) is 25.2 Å². The minimum atomic E-state index is -0.403. The number of hydrogen-bond acceptors (Lipinski definition) is 5. The Hall–Kier alpha value is -2.42. The highest BCUT2D eigenvalue weighted by molar-refractivity contribution is 7.99. The highest BCUT2D eigenvalue weighted by Crippen LogP contribution is 2.27. The van der Waals surface area contributed by atoms with Gasteiger partial charge in [-0.25, -0.2) is 4.39 Å². The predicted molar refractivity (Wildman–Crippen MR) is 114 cm³/mol. The maximum Gasteiger partial charge on any atom is 0.234 e. The fourth-order valence-electron chi connectivity index (χ4n) is 2.60. The van der Waals surface area contributed by atoms with Gasteiger partial charge in [-0.2, -0.15) is 0 Å². The predicted octanol–water partition coefficient (Wildman–Crippen LogP) is 4.41. The maximum atomic E-state index is 13.3. The highest BCUT2D eigenvalue weighted by atomic mass is 35.5. The molecule has 0 aliphatic rings. The molecule has 0 bridgehead atoms. The quantitative estimate of drug-likeness (QED) is 0.559. The molecule has 0 unspecified atom stereocenters. The normalized spacial score (nSPS) is 12.2.